The highest BCUT2D eigenvalue weighted by Gasteiger charge is 2.60. The molecule has 2 aromatic rings. The number of quaternary nitrogens is 2. The van der Waals surface area contributed by atoms with Gasteiger partial charge in [-0.1, -0.05) is 49.6 Å². The normalized spacial score (nSPS) is 27.1. The Hall–Kier alpha value is -1.62. The number of hydrogen-bond acceptors (Lipinski definition) is 4. The van der Waals surface area contributed by atoms with E-state index in [1.165, 1.54) is 54.6 Å². The molecule has 4 aliphatic rings. The molecule has 1 saturated carbocycles. The highest BCUT2D eigenvalue weighted by atomic mass is 35.5. The Morgan fingerprint density at radius 2 is 1.79 bits per heavy atom. The number of nitrogens with two attached hydrogens (primary N) is 1. The summed E-state index contributed by atoms with van der Waals surface area (Å²) in [4.78, 5) is 37.9. The molecule has 12 heteroatoms. The van der Waals surface area contributed by atoms with Crippen molar-refractivity contribution in [2.24, 2.45) is 11.8 Å². The molecule has 43 heavy (non-hydrogen) atoms. The third-order valence-electron chi connectivity index (χ3n) is 10.2. The number of thiazole rings is 1. The van der Waals surface area contributed by atoms with Crippen LogP contribution in [-0.2, 0) is 21.5 Å². The van der Waals surface area contributed by atoms with Crippen LogP contribution in [0.25, 0.3) is 0 Å². The Morgan fingerprint density at radius 1 is 1.07 bits per heavy atom. The van der Waals surface area contributed by atoms with Crippen LogP contribution >= 0.6 is 11.3 Å². The number of ether oxygens (including phenoxy) is 1. The predicted molar refractivity (Wildman–Crippen MR) is 153 cm³/mol. The zero-order chi connectivity index (χ0) is 27.9. The van der Waals surface area contributed by atoms with Crippen molar-refractivity contribution in [1.82, 2.24) is 9.80 Å². The number of aromatic amines is 1. The number of nitrogens with one attached hydrogen (secondary N) is 2. The molecule has 2 saturated heterocycles. The molecule has 1 aromatic carbocycles. The van der Waals surface area contributed by atoms with Crippen molar-refractivity contribution in [3.63, 3.8) is 0 Å². The van der Waals surface area contributed by atoms with Crippen molar-refractivity contribution in [2.45, 2.75) is 68.9 Å². The van der Waals surface area contributed by atoms with E-state index in [-0.39, 0.29) is 49.2 Å². The average Bonchev–Trinajstić information content (AvgIpc) is 3.62. The summed E-state index contributed by atoms with van der Waals surface area (Å²) in [6.45, 7) is 3.44. The van der Waals surface area contributed by atoms with Crippen molar-refractivity contribution >= 4 is 28.5 Å². The number of benzene rings is 1. The van der Waals surface area contributed by atoms with Gasteiger partial charge in [-0.25, -0.2) is 9.69 Å². The second-order valence-electron chi connectivity index (χ2n) is 12.8. The van der Waals surface area contributed by atoms with Crippen LogP contribution in [0.5, 0.6) is 0 Å². The molecule has 3 aliphatic heterocycles. The smallest absolute Gasteiger partial charge is 0.426 e. The first-order valence-electron chi connectivity index (χ1n) is 15.3. The molecule has 4 heterocycles. The SMILES string of the molecule is COC(=O)N1Cc2[nH+]c([NH+](C)C)sc2[C@@]2(C[NH2+]C[C@H]2C(=O)N2CC[C@@H](c3ccccc3)C[C@H]2C2CCCCC2)C1.[Cl-].[Cl-].[Cl-]. The number of halogens is 3. The summed E-state index contributed by atoms with van der Waals surface area (Å²) in [7, 11) is 5.69. The van der Waals surface area contributed by atoms with Gasteiger partial charge in [-0.2, -0.15) is 0 Å². The lowest BCUT2D eigenvalue weighted by Gasteiger charge is -2.47. The van der Waals surface area contributed by atoms with Gasteiger partial charge in [0.2, 0.25) is 11.6 Å². The van der Waals surface area contributed by atoms with Gasteiger partial charge in [-0.05, 0) is 54.4 Å². The first-order valence-corrected chi connectivity index (χ1v) is 16.1. The molecule has 2 amide bonds. The van der Waals surface area contributed by atoms with E-state index >= 15 is 0 Å². The fraction of sp³-hybridized carbons (Fsp3) is 0.645. The second-order valence-corrected chi connectivity index (χ2v) is 13.8. The molecule has 0 unspecified atom stereocenters. The number of rotatable bonds is 4. The lowest BCUT2D eigenvalue weighted by Crippen LogP contribution is -3.01. The van der Waals surface area contributed by atoms with Gasteiger partial charge in [0.25, 0.3) is 0 Å². The molecule has 1 aliphatic carbocycles. The second kappa shape index (κ2) is 15.1. The third-order valence-corrected chi connectivity index (χ3v) is 11.7. The van der Waals surface area contributed by atoms with Gasteiger partial charge in [-0.15, -0.1) is 4.98 Å². The van der Waals surface area contributed by atoms with Crippen LogP contribution in [0, 0.1) is 11.8 Å². The van der Waals surface area contributed by atoms with E-state index in [2.05, 4.69) is 59.6 Å². The van der Waals surface area contributed by atoms with Crippen LogP contribution in [0.3, 0.4) is 0 Å². The number of likely N-dealkylation sites (tertiary alicyclic amines) is 1. The van der Waals surface area contributed by atoms with Gasteiger partial charge >= 0.3 is 11.2 Å². The number of hydrogen-bond donors (Lipinski definition) is 2. The van der Waals surface area contributed by atoms with Crippen LogP contribution in [0.2, 0.25) is 0 Å². The molecular weight excluding hydrogens is 629 g/mol. The summed E-state index contributed by atoms with van der Waals surface area (Å²) in [6.07, 6.45) is 8.09. The molecule has 4 N–H and O–H groups in total. The van der Waals surface area contributed by atoms with Gasteiger partial charge in [0.15, 0.2) is 0 Å². The maximum atomic E-state index is 14.8. The van der Waals surface area contributed by atoms with Crippen LogP contribution in [0.15, 0.2) is 30.3 Å². The minimum absolute atomic E-state index is 0. The van der Waals surface area contributed by atoms with E-state index < -0.39 is 5.41 Å². The zero-order valence-electron chi connectivity index (χ0n) is 25.4. The van der Waals surface area contributed by atoms with E-state index in [9.17, 15) is 9.59 Å². The van der Waals surface area contributed by atoms with E-state index in [1.807, 2.05) is 0 Å². The Bertz CT molecular complexity index is 1230. The molecule has 240 valence electrons. The number of piperidine rings is 1. The standard InChI is InChI=1S/C31H43N5O3S.3ClH/c1-34(2)29-33-25-18-35(30(38)39-3)20-31(27(25)40-29)19-32-17-24(31)28(37)36-15-14-23(21-10-6-4-7-11-21)16-26(36)22-12-8-5-9-13-22;;;/h4,6-7,10-11,22-24,26,32H,5,8-9,12-20H2,1-3H3;3*1H/t23-,24+,26+,31+;;;/m1.../s1. The van der Waals surface area contributed by atoms with E-state index in [1.54, 1.807) is 16.2 Å². The largest absolute Gasteiger partial charge is 1.00 e. The molecule has 0 bridgehead atoms. The maximum Gasteiger partial charge on any atom is 0.426 e. The average molecular weight is 675 g/mol. The number of carbonyl (C=O) groups excluding carboxylic acids is 2. The Labute approximate surface area is 278 Å². The van der Waals surface area contributed by atoms with Crippen molar-refractivity contribution in [2.75, 3.05) is 47.4 Å². The van der Waals surface area contributed by atoms with Gasteiger partial charge in [0.1, 0.15) is 17.3 Å². The summed E-state index contributed by atoms with van der Waals surface area (Å²) in [6, 6.07) is 11.2. The fourth-order valence-electron chi connectivity index (χ4n) is 8.14. The van der Waals surface area contributed by atoms with Crippen molar-refractivity contribution in [3.05, 3.63) is 46.5 Å². The molecule has 1 spiro atoms. The number of amides is 2. The van der Waals surface area contributed by atoms with Gasteiger partial charge in [-0.3, -0.25) is 9.69 Å². The topological polar surface area (TPSA) is 85.0 Å². The minimum atomic E-state index is -0.402. The summed E-state index contributed by atoms with van der Waals surface area (Å²) >= 11 is 1.79. The van der Waals surface area contributed by atoms with E-state index in [0.717, 1.165) is 43.3 Å². The van der Waals surface area contributed by atoms with Crippen molar-refractivity contribution < 1.29 is 66.7 Å². The van der Waals surface area contributed by atoms with Crippen molar-refractivity contribution in [1.29, 1.82) is 0 Å². The monoisotopic (exact) mass is 673 g/mol. The third kappa shape index (κ3) is 6.82. The van der Waals surface area contributed by atoms with Crippen molar-refractivity contribution in [3.8, 4) is 0 Å². The Morgan fingerprint density at radius 3 is 2.47 bits per heavy atom. The molecular formula is C31H46Cl3N5O3S. The first kappa shape index (κ1) is 35.9. The number of methoxy groups -OCH3 is 1. The summed E-state index contributed by atoms with van der Waals surface area (Å²) < 4.78 is 5.19. The van der Waals surface area contributed by atoms with Gasteiger partial charge in [0.05, 0.1) is 39.7 Å². The number of carbonyl (C=O) groups is 2. The molecule has 4 atom stereocenters. The number of aromatic nitrogens is 1. The molecule has 6 rings (SSSR count). The molecule has 0 radical (unpaired) electrons. The fourth-order valence-corrected chi connectivity index (χ4v) is 9.46. The van der Waals surface area contributed by atoms with Crippen LogP contribution < -0.4 is 52.4 Å². The Balaban J connectivity index is 0.00000169. The van der Waals surface area contributed by atoms with E-state index in [0.29, 0.717) is 36.9 Å². The van der Waals surface area contributed by atoms with Crippen LogP contribution in [0.4, 0.5) is 9.93 Å². The lowest BCUT2D eigenvalue weighted by atomic mass is 9.71. The van der Waals surface area contributed by atoms with Gasteiger partial charge in [0, 0.05) is 19.1 Å². The van der Waals surface area contributed by atoms with Crippen LogP contribution in [0.1, 0.15) is 67.0 Å². The molecule has 1 aromatic heterocycles. The quantitative estimate of drug-likeness (QED) is 0.339. The van der Waals surface area contributed by atoms with Gasteiger partial charge < -0.3 is 52.2 Å². The maximum absolute atomic E-state index is 14.8. The summed E-state index contributed by atoms with van der Waals surface area (Å²) in [5.41, 5.74) is 2.08. The molecule has 8 nitrogen and oxygen atoms in total. The summed E-state index contributed by atoms with van der Waals surface area (Å²) in [5.74, 6) is 1.24. The predicted octanol–water partition coefficient (Wildman–Crippen LogP) is -7.28. The number of fused-ring (bicyclic) bond motifs is 2. The number of H-pyrrole nitrogens is 1. The summed E-state index contributed by atoms with van der Waals surface area (Å²) in [5, 5.41) is 3.44. The zero-order valence-corrected chi connectivity index (χ0v) is 28.5. The highest BCUT2D eigenvalue weighted by molar-refractivity contribution is 7.14. The first-order chi connectivity index (χ1) is 19.4. The van der Waals surface area contributed by atoms with E-state index in [4.69, 9.17) is 4.74 Å². The number of nitrogens with zero attached hydrogens (tertiary/aromatic N) is 2. The minimum Gasteiger partial charge on any atom is -1.00 e. The highest BCUT2D eigenvalue weighted by Crippen LogP contribution is 2.46. The van der Waals surface area contributed by atoms with Crippen LogP contribution in [-0.4, -0.2) is 75.2 Å². The lowest BCUT2D eigenvalue weighted by molar-refractivity contribution is -0.823. The molecule has 3 fully saturated rings. The Kier molecular flexibility index (Phi) is 12.6.